The van der Waals surface area contributed by atoms with Crippen LogP contribution in [0.5, 0.6) is 0 Å². The molecule has 0 amide bonds. The zero-order valence-electron chi connectivity index (χ0n) is 10.1. The lowest BCUT2D eigenvalue weighted by molar-refractivity contribution is 0.00973. The van der Waals surface area contributed by atoms with E-state index in [1.54, 1.807) is 7.11 Å². The quantitative estimate of drug-likeness (QED) is 0.843. The van der Waals surface area contributed by atoms with Crippen molar-refractivity contribution in [1.29, 1.82) is 0 Å². The summed E-state index contributed by atoms with van der Waals surface area (Å²) in [5.74, 6) is 1.70. The molecule has 1 aromatic rings. The van der Waals surface area contributed by atoms with Gasteiger partial charge in [-0.05, 0) is 33.2 Å². The molecule has 0 spiro atoms. The Balaban J connectivity index is 2.12. The molecule has 16 heavy (non-hydrogen) atoms. The van der Waals surface area contributed by atoms with Crippen LogP contribution < -0.4 is 5.32 Å². The maximum absolute atomic E-state index is 5.32. The van der Waals surface area contributed by atoms with Crippen LogP contribution in [0.4, 0.5) is 0 Å². The van der Waals surface area contributed by atoms with E-state index in [0.29, 0.717) is 11.7 Å². The van der Waals surface area contributed by atoms with Gasteiger partial charge in [-0.15, -0.1) is 0 Å². The molecule has 5 heteroatoms. The number of piperidine rings is 1. The molecule has 1 aromatic heterocycles. The molecule has 0 aliphatic carbocycles. The molecule has 0 bridgehead atoms. The van der Waals surface area contributed by atoms with E-state index in [9.17, 15) is 0 Å². The highest BCUT2D eigenvalue weighted by molar-refractivity contribution is 5.01. The molecule has 0 aromatic carbocycles. The number of hydrogen-bond acceptors (Lipinski definition) is 5. The van der Waals surface area contributed by atoms with Crippen LogP contribution in [0.2, 0.25) is 0 Å². The van der Waals surface area contributed by atoms with Crippen LogP contribution in [0.25, 0.3) is 0 Å². The smallest absolute Gasteiger partial charge is 0.231 e. The average Bonchev–Trinajstić information content (AvgIpc) is 2.80. The van der Waals surface area contributed by atoms with Gasteiger partial charge in [-0.2, -0.15) is 4.98 Å². The second kappa shape index (κ2) is 4.51. The Kier molecular flexibility index (Phi) is 3.25. The third kappa shape index (κ3) is 2.25. The standard InChI is InChI=1S/C11H19N3O2/c1-11(2,15-3)10-13-9(16-14-10)8-5-4-6-12-7-8/h8,12H,4-7H2,1-3H3/t8-/m1/s1. The van der Waals surface area contributed by atoms with Crippen LogP contribution in [-0.2, 0) is 10.3 Å². The van der Waals surface area contributed by atoms with Gasteiger partial charge in [-0.25, -0.2) is 0 Å². The molecule has 0 radical (unpaired) electrons. The van der Waals surface area contributed by atoms with Gasteiger partial charge in [0.1, 0.15) is 5.60 Å². The summed E-state index contributed by atoms with van der Waals surface area (Å²) in [4.78, 5) is 4.43. The fourth-order valence-electron chi connectivity index (χ4n) is 1.80. The highest BCUT2D eigenvalue weighted by atomic mass is 16.5. The van der Waals surface area contributed by atoms with Crippen LogP contribution in [0, 0.1) is 0 Å². The number of nitrogens with zero attached hydrogens (tertiary/aromatic N) is 2. The van der Waals surface area contributed by atoms with Crippen molar-refractivity contribution in [3.63, 3.8) is 0 Å². The topological polar surface area (TPSA) is 60.2 Å². The third-order valence-electron chi connectivity index (χ3n) is 3.14. The minimum Gasteiger partial charge on any atom is -0.371 e. The number of nitrogens with one attached hydrogen (secondary N) is 1. The Morgan fingerprint density at radius 1 is 1.50 bits per heavy atom. The number of aromatic nitrogens is 2. The molecule has 1 atom stereocenters. The van der Waals surface area contributed by atoms with Crippen molar-refractivity contribution in [2.75, 3.05) is 20.2 Å². The molecule has 1 aliphatic rings. The minimum absolute atomic E-state index is 0.350. The van der Waals surface area contributed by atoms with Gasteiger partial charge in [0.25, 0.3) is 0 Å². The van der Waals surface area contributed by atoms with E-state index in [2.05, 4.69) is 15.5 Å². The highest BCUT2D eigenvalue weighted by Crippen LogP contribution is 2.25. The van der Waals surface area contributed by atoms with Gasteiger partial charge in [0, 0.05) is 13.7 Å². The first kappa shape index (κ1) is 11.5. The zero-order chi connectivity index (χ0) is 11.6. The molecule has 1 aliphatic heterocycles. The molecule has 0 saturated carbocycles. The second-order valence-electron chi connectivity index (χ2n) is 4.71. The van der Waals surface area contributed by atoms with Crippen molar-refractivity contribution in [2.45, 2.75) is 38.2 Å². The highest BCUT2D eigenvalue weighted by Gasteiger charge is 2.28. The number of ether oxygens (including phenoxy) is 1. The van der Waals surface area contributed by atoms with Gasteiger partial charge in [-0.1, -0.05) is 5.16 Å². The van der Waals surface area contributed by atoms with E-state index >= 15 is 0 Å². The maximum Gasteiger partial charge on any atom is 0.231 e. The molecule has 0 unspecified atom stereocenters. The lowest BCUT2D eigenvalue weighted by atomic mass is 10.00. The molecular formula is C11H19N3O2. The maximum atomic E-state index is 5.32. The summed E-state index contributed by atoms with van der Waals surface area (Å²) in [6.07, 6.45) is 2.28. The molecule has 2 heterocycles. The number of hydrogen-bond donors (Lipinski definition) is 1. The Morgan fingerprint density at radius 2 is 2.31 bits per heavy atom. The first-order chi connectivity index (χ1) is 7.63. The predicted molar refractivity (Wildman–Crippen MR) is 59.2 cm³/mol. The molecule has 5 nitrogen and oxygen atoms in total. The SMILES string of the molecule is COC(C)(C)c1noc([C@@H]2CCCNC2)n1. The second-order valence-corrected chi connectivity index (χ2v) is 4.71. The van der Waals surface area contributed by atoms with E-state index in [0.717, 1.165) is 31.8 Å². The van der Waals surface area contributed by atoms with Gasteiger partial charge >= 0.3 is 0 Å². The summed E-state index contributed by atoms with van der Waals surface area (Å²) in [5.41, 5.74) is -0.482. The van der Waals surface area contributed by atoms with Gasteiger partial charge < -0.3 is 14.6 Å². The van der Waals surface area contributed by atoms with E-state index in [-0.39, 0.29) is 0 Å². The van der Waals surface area contributed by atoms with Crippen LogP contribution >= 0.6 is 0 Å². The van der Waals surface area contributed by atoms with E-state index in [4.69, 9.17) is 9.26 Å². The summed E-state index contributed by atoms with van der Waals surface area (Å²) >= 11 is 0. The largest absolute Gasteiger partial charge is 0.371 e. The first-order valence-electron chi connectivity index (χ1n) is 5.73. The van der Waals surface area contributed by atoms with Crippen molar-refractivity contribution in [3.05, 3.63) is 11.7 Å². The van der Waals surface area contributed by atoms with Crippen LogP contribution in [0.15, 0.2) is 4.52 Å². The van der Waals surface area contributed by atoms with Crippen LogP contribution in [-0.4, -0.2) is 30.3 Å². The summed E-state index contributed by atoms with van der Waals surface area (Å²) in [6.45, 7) is 5.87. The summed E-state index contributed by atoms with van der Waals surface area (Å²) < 4.78 is 10.6. The fraction of sp³-hybridized carbons (Fsp3) is 0.818. The molecule has 1 N–H and O–H groups in total. The zero-order valence-corrected chi connectivity index (χ0v) is 10.1. The number of methoxy groups -OCH3 is 1. The first-order valence-corrected chi connectivity index (χ1v) is 5.73. The summed E-state index contributed by atoms with van der Waals surface area (Å²) in [6, 6.07) is 0. The lowest BCUT2D eigenvalue weighted by Gasteiger charge is -2.19. The van der Waals surface area contributed by atoms with E-state index in [1.165, 1.54) is 0 Å². The molecule has 2 rings (SSSR count). The van der Waals surface area contributed by atoms with Crippen LogP contribution in [0.3, 0.4) is 0 Å². The summed E-state index contributed by atoms with van der Waals surface area (Å²) in [7, 11) is 1.65. The third-order valence-corrected chi connectivity index (χ3v) is 3.14. The lowest BCUT2D eigenvalue weighted by Crippen LogP contribution is -2.28. The average molecular weight is 225 g/mol. The monoisotopic (exact) mass is 225 g/mol. The van der Waals surface area contributed by atoms with Crippen molar-refractivity contribution >= 4 is 0 Å². The van der Waals surface area contributed by atoms with E-state index < -0.39 is 5.60 Å². The molecular weight excluding hydrogens is 206 g/mol. The van der Waals surface area contributed by atoms with Crippen molar-refractivity contribution < 1.29 is 9.26 Å². The predicted octanol–water partition coefficient (Wildman–Crippen LogP) is 1.42. The number of rotatable bonds is 3. The van der Waals surface area contributed by atoms with Crippen molar-refractivity contribution in [3.8, 4) is 0 Å². The molecule has 1 saturated heterocycles. The van der Waals surface area contributed by atoms with Crippen molar-refractivity contribution in [2.24, 2.45) is 0 Å². The Hall–Kier alpha value is -0.940. The minimum atomic E-state index is -0.482. The molecule has 90 valence electrons. The van der Waals surface area contributed by atoms with E-state index in [1.807, 2.05) is 13.8 Å². The Morgan fingerprint density at radius 3 is 2.94 bits per heavy atom. The fourth-order valence-corrected chi connectivity index (χ4v) is 1.80. The summed E-state index contributed by atoms with van der Waals surface area (Å²) in [5, 5.41) is 7.33. The Labute approximate surface area is 95.6 Å². The van der Waals surface area contributed by atoms with Gasteiger partial charge in [0.2, 0.25) is 11.7 Å². The van der Waals surface area contributed by atoms with Crippen LogP contribution in [0.1, 0.15) is 44.3 Å². The van der Waals surface area contributed by atoms with Gasteiger partial charge in [0.15, 0.2) is 0 Å². The van der Waals surface area contributed by atoms with Crippen molar-refractivity contribution in [1.82, 2.24) is 15.5 Å². The normalized spacial score (nSPS) is 22.3. The van der Waals surface area contributed by atoms with Gasteiger partial charge in [0.05, 0.1) is 5.92 Å². The van der Waals surface area contributed by atoms with Gasteiger partial charge in [-0.3, -0.25) is 0 Å². The Bertz CT molecular complexity index is 343. The molecule has 1 fully saturated rings.